The van der Waals surface area contributed by atoms with E-state index in [2.05, 4.69) is 6.58 Å². The molecule has 0 aliphatic carbocycles. The van der Waals surface area contributed by atoms with Gasteiger partial charge in [0.2, 0.25) is 0 Å². The molecule has 0 aliphatic rings. The van der Waals surface area contributed by atoms with Crippen LogP contribution in [0, 0.1) is 0 Å². The summed E-state index contributed by atoms with van der Waals surface area (Å²) in [7, 11) is 1.60. The van der Waals surface area contributed by atoms with Crippen LogP contribution in [0.3, 0.4) is 0 Å². The zero-order valence-electron chi connectivity index (χ0n) is 9.40. The minimum absolute atomic E-state index is 0.136. The Labute approximate surface area is 95.4 Å². The van der Waals surface area contributed by atoms with Gasteiger partial charge < -0.3 is 9.84 Å². The summed E-state index contributed by atoms with van der Waals surface area (Å²) >= 11 is 0. The number of rotatable bonds is 6. The van der Waals surface area contributed by atoms with E-state index in [0.717, 1.165) is 23.3 Å². The number of allylic oxidation sites excluding steroid dienone is 1. The number of ether oxygens (including phenoxy) is 1. The van der Waals surface area contributed by atoms with Gasteiger partial charge in [-0.3, -0.25) is 4.79 Å². The van der Waals surface area contributed by atoms with Gasteiger partial charge in [0.25, 0.3) is 0 Å². The largest absolute Gasteiger partial charge is 0.497 e. The Hall–Kier alpha value is -1.77. The number of aryl methyl sites for hydroxylation is 1. The standard InChI is InChI=1S/C13H16O3/c1-3-4-10-5-7-12(16-2)9-11(10)6-8-13(14)15/h3,5,7,9H,1,4,6,8H2,2H3,(H,14,15). The second-order valence-corrected chi connectivity index (χ2v) is 3.52. The fourth-order valence-electron chi connectivity index (χ4n) is 1.56. The van der Waals surface area contributed by atoms with E-state index < -0.39 is 5.97 Å². The Bertz CT molecular complexity index is 383. The van der Waals surface area contributed by atoms with Gasteiger partial charge in [-0.05, 0) is 36.1 Å². The highest BCUT2D eigenvalue weighted by atomic mass is 16.5. The predicted octanol–water partition coefficient (Wildman–Crippen LogP) is 2.44. The van der Waals surface area contributed by atoms with E-state index in [1.54, 1.807) is 7.11 Å². The van der Waals surface area contributed by atoms with E-state index in [0.29, 0.717) is 6.42 Å². The summed E-state index contributed by atoms with van der Waals surface area (Å²) in [5.41, 5.74) is 2.12. The zero-order chi connectivity index (χ0) is 12.0. The van der Waals surface area contributed by atoms with Crippen LogP contribution >= 0.6 is 0 Å². The van der Waals surface area contributed by atoms with Gasteiger partial charge in [0, 0.05) is 6.42 Å². The maximum Gasteiger partial charge on any atom is 0.303 e. The van der Waals surface area contributed by atoms with Gasteiger partial charge in [0.05, 0.1) is 7.11 Å². The third kappa shape index (κ3) is 3.42. The van der Waals surface area contributed by atoms with Crippen LogP contribution in [0.4, 0.5) is 0 Å². The van der Waals surface area contributed by atoms with Crippen molar-refractivity contribution in [1.82, 2.24) is 0 Å². The summed E-state index contributed by atoms with van der Waals surface area (Å²) < 4.78 is 5.12. The monoisotopic (exact) mass is 220 g/mol. The lowest BCUT2D eigenvalue weighted by atomic mass is 10.00. The van der Waals surface area contributed by atoms with Crippen molar-refractivity contribution in [2.45, 2.75) is 19.3 Å². The van der Waals surface area contributed by atoms with E-state index in [-0.39, 0.29) is 6.42 Å². The molecule has 1 aromatic carbocycles. The maximum absolute atomic E-state index is 10.5. The first-order valence-electron chi connectivity index (χ1n) is 5.16. The molecule has 0 atom stereocenters. The van der Waals surface area contributed by atoms with E-state index in [1.165, 1.54) is 0 Å². The lowest BCUT2D eigenvalue weighted by Crippen LogP contribution is -2.01. The first-order chi connectivity index (χ1) is 7.67. The van der Waals surface area contributed by atoms with Gasteiger partial charge in [-0.1, -0.05) is 12.1 Å². The number of aliphatic carboxylic acids is 1. The minimum Gasteiger partial charge on any atom is -0.497 e. The minimum atomic E-state index is -0.785. The Morgan fingerprint density at radius 2 is 2.25 bits per heavy atom. The molecule has 1 N–H and O–H groups in total. The molecule has 0 radical (unpaired) electrons. The molecule has 16 heavy (non-hydrogen) atoms. The van der Waals surface area contributed by atoms with Crippen LogP contribution in [0.5, 0.6) is 5.75 Å². The van der Waals surface area contributed by atoms with E-state index in [9.17, 15) is 4.79 Å². The number of benzene rings is 1. The Kier molecular flexibility index (Phi) is 4.58. The second-order valence-electron chi connectivity index (χ2n) is 3.52. The molecule has 86 valence electrons. The number of carboxylic acids is 1. The predicted molar refractivity (Wildman–Crippen MR) is 62.9 cm³/mol. The molecule has 1 rings (SSSR count). The van der Waals surface area contributed by atoms with E-state index >= 15 is 0 Å². The molecule has 0 saturated carbocycles. The highest BCUT2D eigenvalue weighted by Crippen LogP contribution is 2.19. The van der Waals surface area contributed by atoms with Crippen LogP contribution in [0.15, 0.2) is 30.9 Å². The zero-order valence-corrected chi connectivity index (χ0v) is 9.40. The van der Waals surface area contributed by atoms with Gasteiger partial charge in [0.1, 0.15) is 5.75 Å². The number of carbonyl (C=O) groups is 1. The molecular formula is C13H16O3. The molecule has 3 nitrogen and oxygen atoms in total. The van der Waals surface area contributed by atoms with Gasteiger partial charge in [-0.15, -0.1) is 6.58 Å². The van der Waals surface area contributed by atoms with Crippen molar-refractivity contribution < 1.29 is 14.6 Å². The van der Waals surface area contributed by atoms with E-state index in [4.69, 9.17) is 9.84 Å². The van der Waals surface area contributed by atoms with Crippen LogP contribution < -0.4 is 4.74 Å². The highest BCUT2D eigenvalue weighted by Gasteiger charge is 2.05. The molecule has 0 heterocycles. The van der Waals surface area contributed by atoms with Crippen molar-refractivity contribution in [1.29, 1.82) is 0 Å². The highest BCUT2D eigenvalue weighted by molar-refractivity contribution is 5.67. The molecule has 0 saturated heterocycles. The maximum atomic E-state index is 10.5. The van der Waals surface area contributed by atoms with Crippen LogP contribution in [0.25, 0.3) is 0 Å². The SMILES string of the molecule is C=CCc1ccc(OC)cc1CCC(=O)O. The molecule has 0 aliphatic heterocycles. The van der Waals surface area contributed by atoms with Gasteiger partial charge in [-0.25, -0.2) is 0 Å². The third-order valence-electron chi connectivity index (χ3n) is 2.39. The van der Waals surface area contributed by atoms with Crippen molar-refractivity contribution >= 4 is 5.97 Å². The Balaban J connectivity index is 2.90. The fourth-order valence-corrected chi connectivity index (χ4v) is 1.56. The van der Waals surface area contributed by atoms with Gasteiger partial charge >= 0.3 is 5.97 Å². The fraction of sp³-hybridized carbons (Fsp3) is 0.308. The summed E-state index contributed by atoms with van der Waals surface area (Å²) in [6.07, 6.45) is 3.22. The smallest absolute Gasteiger partial charge is 0.303 e. The first-order valence-corrected chi connectivity index (χ1v) is 5.16. The number of hydrogen-bond donors (Lipinski definition) is 1. The van der Waals surface area contributed by atoms with Crippen molar-refractivity contribution in [2.24, 2.45) is 0 Å². The lowest BCUT2D eigenvalue weighted by molar-refractivity contribution is -0.136. The van der Waals surface area contributed by atoms with Crippen LogP contribution in [0.1, 0.15) is 17.5 Å². The van der Waals surface area contributed by atoms with Crippen molar-refractivity contribution in [3.05, 3.63) is 42.0 Å². The average Bonchev–Trinajstić information content (AvgIpc) is 2.28. The molecule has 0 spiro atoms. The topological polar surface area (TPSA) is 46.5 Å². The first kappa shape index (κ1) is 12.3. The second kappa shape index (κ2) is 5.95. The molecule has 0 amide bonds. The molecule has 1 aromatic rings. The third-order valence-corrected chi connectivity index (χ3v) is 2.39. The number of hydrogen-bond acceptors (Lipinski definition) is 2. The summed E-state index contributed by atoms with van der Waals surface area (Å²) in [5.74, 6) is -0.0272. The van der Waals surface area contributed by atoms with Crippen LogP contribution in [-0.4, -0.2) is 18.2 Å². The molecular weight excluding hydrogens is 204 g/mol. The number of carboxylic acid groups (broad SMARTS) is 1. The van der Waals surface area contributed by atoms with Crippen LogP contribution in [-0.2, 0) is 17.6 Å². The molecule has 0 fully saturated rings. The molecule has 0 unspecified atom stereocenters. The van der Waals surface area contributed by atoms with Crippen LogP contribution in [0.2, 0.25) is 0 Å². The molecule has 3 heteroatoms. The van der Waals surface area contributed by atoms with Crippen molar-refractivity contribution in [3.8, 4) is 5.75 Å². The van der Waals surface area contributed by atoms with Gasteiger partial charge in [-0.2, -0.15) is 0 Å². The number of methoxy groups -OCH3 is 1. The summed E-state index contributed by atoms with van der Waals surface area (Å²) in [6, 6.07) is 5.72. The quantitative estimate of drug-likeness (QED) is 0.749. The summed E-state index contributed by atoms with van der Waals surface area (Å²) in [6.45, 7) is 3.69. The van der Waals surface area contributed by atoms with Crippen molar-refractivity contribution in [2.75, 3.05) is 7.11 Å². The summed E-state index contributed by atoms with van der Waals surface area (Å²) in [5, 5.41) is 8.67. The molecule has 0 aromatic heterocycles. The lowest BCUT2D eigenvalue weighted by Gasteiger charge is -2.09. The Morgan fingerprint density at radius 1 is 1.50 bits per heavy atom. The Morgan fingerprint density at radius 3 is 2.81 bits per heavy atom. The normalized spacial score (nSPS) is 9.81. The van der Waals surface area contributed by atoms with Crippen molar-refractivity contribution in [3.63, 3.8) is 0 Å². The molecule has 0 bridgehead atoms. The average molecular weight is 220 g/mol. The van der Waals surface area contributed by atoms with E-state index in [1.807, 2.05) is 24.3 Å². The summed E-state index contributed by atoms with van der Waals surface area (Å²) in [4.78, 5) is 10.5. The van der Waals surface area contributed by atoms with Gasteiger partial charge in [0.15, 0.2) is 0 Å².